The second-order valence-electron chi connectivity index (χ2n) is 7.09. The molecule has 0 radical (unpaired) electrons. The van der Waals surface area contributed by atoms with E-state index in [9.17, 15) is 9.18 Å². The molecule has 4 rings (SSSR count). The van der Waals surface area contributed by atoms with Crippen LogP contribution in [0.15, 0.2) is 77.3 Å². The molecule has 0 spiro atoms. The molecule has 7 heteroatoms. The first kappa shape index (κ1) is 20.3. The van der Waals surface area contributed by atoms with Crippen molar-refractivity contribution in [2.75, 3.05) is 10.6 Å². The number of para-hydroxylation sites is 1. The van der Waals surface area contributed by atoms with Gasteiger partial charge in [0, 0.05) is 35.5 Å². The summed E-state index contributed by atoms with van der Waals surface area (Å²) in [5.74, 6) is 0.141. The van der Waals surface area contributed by atoms with Gasteiger partial charge in [-0.05, 0) is 55.0 Å². The molecule has 6 nitrogen and oxygen atoms in total. The summed E-state index contributed by atoms with van der Waals surface area (Å²) in [6, 6.07) is 22.1. The molecule has 0 aliphatic carbocycles. The normalized spacial score (nSPS) is 10.6. The Bertz CT molecular complexity index is 1170. The number of benzene rings is 3. The van der Waals surface area contributed by atoms with Gasteiger partial charge < -0.3 is 15.2 Å². The molecule has 2 N–H and O–H groups in total. The number of aromatic nitrogens is 2. The van der Waals surface area contributed by atoms with Crippen molar-refractivity contribution in [3.8, 4) is 11.4 Å². The van der Waals surface area contributed by atoms with Crippen molar-refractivity contribution in [1.29, 1.82) is 0 Å². The fourth-order valence-corrected chi connectivity index (χ4v) is 2.97. The van der Waals surface area contributed by atoms with E-state index in [-0.39, 0.29) is 18.1 Å². The lowest BCUT2D eigenvalue weighted by molar-refractivity contribution is -0.116. The molecule has 1 aromatic heterocycles. The molecule has 0 aliphatic heterocycles. The van der Waals surface area contributed by atoms with Gasteiger partial charge in [-0.15, -0.1) is 0 Å². The van der Waals surface area contributed by atoms with Crippen LogP contribution in [0.3, 0.4) is 0 Å². The number of nitrogens with one attached hydrogen (secondary N) is 2. The third-order valence-electron chi connectivity index (χ3n) is 4.70. The summed E-state index contributed by atoms with van der Waals surface area (Å²) in [5.41, 5.74) is 3.70. The number of anilines is 3. The molecular weight excluding hydrogens is 395 g/mol. The number of amides is 1. The van der Waals surface area contributed by atoms with Gasteiger partial charge >= 0.3 is 0 Å². The van der Waals surface area contributed by atoms with Crippen molar-refractivity contribution in [3.05, 3.63) is 90.1 Å². The highest BCUT2D eigenvalue weighted by Crippen LogP contribution is 2.20. The Morgan fingerprint density at radius 3 is 2.42 bits per heavy atom. The summed E-state index contributed by atoms with van der Waals surface area (Å²) in [6.07, 6.45) is 0.481. The van der Waals surface area contributed by atoms with E-state index in [0.29, 0.717) is 35.0 Å². The zero-order valence-corrected chi connectivity index (χ0v) is 16.9. The highest BCUT2D eigenvalue weighted by Gasteiger charge is 2.12. The van der Waals surface area contributed by atoms with E-state index in [1.54, 1.807) is 19.1 Å². The van der Waals surface area contributed by atoms with Crippen LogP contribution in [0.4, 0.5) is 21.5 Å². The number of hydrogen-bond acceptors (Lipinski definition) is 5. The molecule has 1 heterocycles. The van der Waals surface area contributed by atoms with Crippen LogP contribution in [0, 0.1) is 12.7 Å². The molecular formula is C24H21FN4O2. The molecule has 0 fully saturated rings. The minimum atomic E-state index is -0.326. The molecule has 0 saturated heterocycles. The smallest absolute Gasteiger partial charge is 0.227 e. The highest BCUT2D eigenvalue weighted by molar-refractivity contribution is 5.91. The molecule has 156 valence electrons. The molecule has 0 unspecified atom stereocenters. The van der Waals surface area contributed by atoms with E-state index in [1.165, 1.54) is 6.07 Å². The standard InChI is InChI=1S/C24H21FN4O2/c1-16-7-8-17(15-21(16)25)24-28-23(31-29-24)14-13-22(30)27-20-11-9-19(10-12-20)26-18-5-3-2-4-6-18/h2-12,15,26H,13-14H2,1H3,(H,27,30). The van der Waals surface area contributed by atoms with Crippen LogP contribution in [-0.4, -0.2) is 16.0 Å². The van der Waals surface area contributed by atoms with Crippen LogP contribution in [0.2, 0.25) is 0 Å². The van der Waals surface area contributed by atoms with E-state index in [4.69, 9.17) is 4.52 Å². The fourth-order valence-electron chi connectivity index (χ4n) is 2.97. The van der Waals surface area contributed by atoms with Crippen LogP contribution in [-0.2, 0) is 11.2 Å². The predicted octanol–water partition coefficient (Wildman–Crippen LogP) is 5.50. The first-order chi connectivity index (χ1) is 15.1. The lowest BCUT2D eigenvalue weighted by Crippen LogP contribution is -2.12. The number of rotatable bonds is 7. The monoisotopic (exact) mass is 416 g/mol. The SMILES string of the molecule is Cc1ccc(-c2noc(CCC(=O)Nc3ccc(Nc4ccccc4)cc3)n2)cc1F. The number of carbonyl (C=O) groups is 1. The fraction of sp³-hybridized carbons (Fsp3) is 0.125. The number of halogens is 1. The first-order valence-electron chi connectivity index (χ1n) is 9.88. The molecule has 0 bridgehead atoms. The van der Waals surface area contributed by atoms with Gasteiger partial charge in [-0.1, -0.05) is 35.5 Å². The van der Waals surface area contributed by atoms with E-state index in [1.807, 2.05) is 54.6 Å². The van der Waals surface area contributed by atoms with Gasteiger partial charge in [0.25, 0.3) is 0 Å². The number of hydrogen-bond donors (Lipinski definition) is 2. The summed E-state index contributed by atoms with van der Waals surface area (Å²) in [5, 5.41) is 10.0. The summed E-state index contributed by atoms with van der Waals surface area (Å²) < 4.78 is 18.9. The summed E-state index contributed by atoms with van der Waals surface area (Å²) in [7, 11) is 0. The van der Waals surface area contributed by atoms with Crippen molar-refractivity contribution in [2.24, 2.45) is 0 Å². The molecule has 1 amide bonds. The van der Waals surface area contributed by atoms with Gasteiger partial charge in [0.1, 0.15) is 5.82 Å². The quantitative estimate of drug-likeness (QED) is 0.416. The zero-order chi connectivity index (χ0) is 21.6. The molecule has 0 atom stereocenters. The Labute approximate surface area is 179 Å². The van der Waals surface area contributed by atoms with Gasteiger partial charge in [-0.2, -0.15) is 4.98 Å². The van der Waals surface area contributed by atoms with E-state index < -0.39 is 0 Å². The lowest BCUT2D eigenvalue weighted by atomic mass is 10.1. The van der Waals surface area contributed by atoms with E-state index in [2.05, 4.69) is 20.8 Å². The van der Waals surface area contributed by atoms with Gasteiger partial charge in [0.05, 0.1) is 0 Å². The topological polar surface area (TPSA) is 80.0 Å². The Morgan fingerprint density at radius 1 is 0.968 bits per heavy atom. The van der Waals surface area contributed by atoms with Crippen LogP contribution >= 0.6 is 0 Å². The molecule has 31 heavy (non-hydrogen) atoms. The van der Waals surface area contributed by atoms with Gasteiger partial charge in [-0.3, -0.25) is 4.79 Å². The Hall–Kier alpha value is -4.00. The summed E-state index contributed by atoms with van der Waals surface area (Å²) >= 11 is 0. The Balaban J connectivity index is 1.29. The maximum atomic E-state index is 13.7. The van der Waals surface area contributed by atoms with Crippen LogP contribution in [0.1, 0.15) is 17.9 Å². The minimum Gasteiger partial charge on any atom is -0.356 e. The Morgan fingerprint density at radius 2 is 1.68 bits per heavy atom. The van der Waals surface area contributed by atoms with Crippen molar-refractivity contribution < 1.29 is 13.7 Å². The summed E-state index contributed by atoms with van der Waals surface area (Å²) in [6.45, 7) is 1.69. The van der Waals surface area contributed by atoms with E-state index in [0.717, 1.165) is 11.4 Å². The first-order valence-corrected chi connectivity index (χ1v) is 9.88. The highest BCUT2D eigenvalue weighted by atomic mass is 19.1. The molecule has 0 saturated carbocycles. The average Bonchev–Trinajstić information content (AvgIpc) is 3.25. The second-order valence-corrected chi connectivity index (χ2v) is 7.09. The van der Waals surface area contributed by atoms with Crippen molar-refractivity contribution >= 4 is 23.0 Å². The van der Waals surface area contributed by atoms with Crippen LogP contribution in [0.5, 0.6) is 0 Å². The van der Waals surface area contributed by atoms with Crippen LogP contribution in [0.25, 0.3) is 11.4 Å². The number of aryl methyl sites for hydroxylation is 2. The second kappa shape index (κ2) is 9.21. The third-order valence-corrected chi connectivity index (χ3v) is 4.70. The lowest BCUT2D eigenvalue weighted by Gasteiger charge is -2.08. The van der Waals surface area contributed by atoms with Crippen molar-refractivity contribution in [1.82, 2.24) is 10.1 Å². The maximum Gasteiger partial charge on any atom is 0.227 e. The third kappa shape index (κ3) is 5.33. The number of nitrogens with zero attached hydrogens (tertiary/aromatic N) is 2. The van der Waals surface area contributed by atoms with Gasteiger partial charge in [0.15, 0.2) is 0 Å². The molecule has 4 aromatic rings. The van der Waals surface area contributed by atoms with Crippen LogP contribution < -0.4 is 10.6 Å². The Kier molecular flexibility index (Phi) is 6.03. The predicted molar refractivity (Wildman–Crippen MR) is 118 cm³/mol. The summed E-state index contributed by atoms with van der Waals surface area (Å²) in [4.78, 5) is 16.5. The van der Waals surface area contributed by atoms with Gasteiger partial charge in [-0.25, -0.2) is 4.39 Å². The molecule has 0 aliphatic rings. The zero-order valence-electron chi connectivity index (χ0n) is 16.9. The number of carbonyl (C=O) groups excluding carboxylic acids is 1. The minimum absolute atomic E-state index is 0.162. The maximum absolute atomic E-state index is 13.7. The average molecular weight is 416 g/mol. The van der Waals surface area contributed by atoms with Gasteiger partial charge in [0.2, 0.25) is 17.6 Å². The van der Waals surface area contributed by atoms with E-state index >= 15 is 0 Å². The van der Waals surface area contributed by atoms with Crippen molar-refractivity contribution in [3.63, 3.8) is 0 Å². The van der Waals surface area contributed by atoms with Crippen molar-refractivity contribution in [2.45, 2.75) is 19.8 Å². The molecule has 3 aromatic carbocycles. The largest absolute Gasteiger partial charge is 0.356 e.